The molecule has 0 aliphatic carbocycles. The predicted octanol–water partition coefficient (Wildman–Crippen LogP) is 3.36. The summed E-state index contributed by atoms with van der Waals surface area (Å²) in [6.07, 6.45) is 6.01. The van der Waals surface area contributed by atoms with Gasteiger partial charge in [0.25, 0.3) is 6.40 Å². The number of benzene rings is 1. The van der Waals surface area contributed by atoms with Crippen molar-refractivity contribution in [3.05, 3.63) is 34.9 Å². The average Bonchev–Trinajstić information content (AvgIpc) is 2.68. The summed E-state index contributed by atoms with van der Waals surface area (Å²) in [5.41, 5.74) is 1.32. The number of rotatable bonds is 4. The van der Waals surface area contributed by atoms with Gasteiger partial charge in [-0.05, 0) is 43.9 Å². The van der Waals surface area contributed by atoms with Gasteiger partial charge in [0.2, 0.25) is 0 Å². The normalized spacial score (nSPS) is 23.4. The number of aryl methyl sites for hydroxylation is 1. The average molecular weight is 237 g/mol. The maximum absolute atomic E-state index is 5.83. The molecule has 0 spiro atoms. The zero-order valence-electron chi connectivity index (χ0n) is 9.32. The van der Waals surface area contributed by atoms with Gasteiger partial charge in [0.05, 0.1) is 6.04 Å². The molecule has 0 bridgehead atoms. The van der Waals surface area contributed by atoms with E-state index in [1.807, 2.05) is 19.1 Å². The third-order valence-corrected chi connectivity index (χ3v) is 3.13. The predicted molar refractivity (Wildman–Crippen MR) is 66.2 cm³/mol. The van der Waals surface area contributed by atoms with E-state index in [9.17, 15) is 0 Å². The minimum Gasteiger partial charge on any atom is -0.469 e. The van der Waals surface area contributed by atoms with Crippen LogP contribution in [0.4, 0.5) is 0 Å². The van der Waals surface area contributed by atoms with Crippen molar-refractivity contribution in [3.63, 3.8) is 0 Å². The first-order chi connectivity index (χ1) is 7.75. The highest BCUT2D eigenvalue weighted by Crippen LogP contribution is 2.17. The summed E-state index contributed by atoms with van der Waals surface area (Å²) in [6, 6.07) is 8.31. The molecule has 2 nitrogen and oxygen atoms in total. The molecular weight excluding hydrogens is 222 g/mol. The van der Waals surface area contributed by atoms with E-state index < -0.39 is 0 Å². The second-order valence-electron chi connectivity index (χ2n) is 4.13. The van der Waals surface area contributed by atoms with E-state index in [0.717, 1.165) is 24.3 Å². The monoisotopic (exact) mass is 236 g/mol. The van der Waals surface area contributed by atoms with E-state index in [0.29, 0.717) is 0 Å². The SMILES string of the molecule is CC1O[C]=NC1CCCc1ccc(Cl)cc1. The molecule has 16 heavy (non-hydrogen) atoms. The Hall–Kier alpha value is -1.02. The molecular formula is C13H15ClNO. The highest BCUT2D eigenvalue weighted by atomic mass is 35.5. The number of halogens is 1. The first kappa shape index (κ1) is 11.5. The number of aliphatic imine (C=N–C) groups is 1. The van der Waals surface area contributed by atoms with Crippen molar-refractivity contribution in [2.75, 3.05) is 0 Å². The molecule has 1 heterocycles. The largest absolute Gasteiger partial charge is 0.469 e. The van der Waals surface area contributed by atoms with Crippen molar-refractivity contribution in [2.24, 2.45) is 4.99 Å². The highest BCUT2D eigenvalue weighted by Gasteiger charge is 2.21. The van der Waals surface area contributed by atoms with E-state index in [1.54, 1.807) is 0 Å². The van der Waals surface area contributed by atoms with Gasteiger partial charge in [-0.1, -0.05) is 23.7 Å². The minimum atomic E-state index is 0.185. The van der Waals surface area contributed by atoms with Gasteiger partial charge in [0.1, 0.15) is 6.10 Å². The molecule has 0 amide bonds. The first-order valence-corrected chi connectivity index (χ1v) is 5.98. The topological polar surface area (TPSA) is 21.6 Å². The first-order valence-electron chi connectivity index (χ1n) is 5.60. The lowest BCUT2D eigenvalue weighted by molar-refractivity contribution is 0.215. The Bertz CT molecular complexity index is 361. The van der Waals surface area contributed by atoms with Crippen molar-refractivity contribution in [1.29, 1.82) is 0 Å². The smallest absolute Gasteiger partial charge is 0.273 e. The van der Waals surface area contributed by atoms with Gasteiger partial charge in [-0.15, -0.1) is 0 Å². The second kappa shape index (κ2) is 5.35. The molecule has 0 saturated carbocycles. The Morgan fingerprint density at radius 1 is 1.38 bits per heavy atom. The zero-order valence-corrected chi connectivity index (χ0v) is 10.1. The van der Waals surface area contributed by atoms with Crippen LogP contribution in [0, 0.1) is 0 Å². The lowest BCUT2D eigenvalue weighted by atomic mass is 10.0. The van der Waals surface area contributed by atoms with E-state index in [-0.39, 0.29) is 12.1 Å². The summed E-state index contributed by atoms with van der Waals surface area (Å²) < 4.78 is 5.15. The fraction of sp³-hybridized carbons (Fsp3) is 0.462. The van der Waals surface area contributed by atoms with Gasteiger partial charge >= 0.3 is 0 Å². The minimum absolute atomic E-state index is 0.185. The van der Waals surface area contributed by atoms with Crippen LogP contribution < -0.4 is 0 Å². The molecule has 1 radical (unpaired) electrons. The zero-order chi connectivity index (χ0) is 11.4. The maximum atomic E-state index is 5.83. The fourth-order valence-electron chi connectivity index (χ4n) is 1.83. The number of nitrogens with zero attached hydrogens (tertiary/aromatic N) is 1. The molecule has 2 rings (SSSR count). The van der Waals surface area contributed by atoms with E-state index in [2.05, 4.69) is 23.5 Å². The van der Waals surface area contributed by atoms with Crippen LogP contribution in [0.3, 0.4) is 0 Å². The fourth-order valence-corrected chi connectivity index (χ4v) is 1.96. The summed E-state index contributed by atoms with van der Waals surface area (Å²) in [4.78, 5) is 4.17. The van der Waals surface area contributed by atoms with Crippen LogP contribution in [-0.4, -0.2) is 18.5 Å². The Morgan fingerprint density at radius 3 is 2.75 bits per heavy atom. The molecule has 0 fully saturated rings. The van der Waals surface area contributed by atoms with E-state index in [4.69, 9.17) is 16.3 Å². The van der Waals surface area contributed by atoms with E-state index >= 15 is 0 Å². The summed E-state index contributed by atoms with van der Waals surface area (Å²) in [5.74, 6) is 0. The van der Waals surface area contributed by atoms with Crippen LogP contribution in [-0.2, 0) is 11.2 Å². The Balaban J connectivity index is 1.75. The van der Waals surface area contributed by atoms with Crippen molar-refractivity contribution in [3.8, 4) is 0 Å². The lowest BCUT2D eigenvalue weighted by Crippen LogP contribution is -2.17. The van der Waals surface area contributed by atoms with Crippen LogP contribution in [0.1, 0.15) is 25.3 Å². The van der Waals surface area contributed by atoms with Gasteiger partial charge in [0.15, 0.2) is 0 Å². The highest BCUT2D eigenvalue weighted by molar-refractivity contribution is 6.30. The number of hydrogen-bond donors (Lipinski definition) is 0. The molecule has 85 valence electrons. The van der Waals surface area contributed by atoms with Crippen molar-refractivity contribution in [2.45, 2.75) is 38.3 Å². The third-order valence-electron chi connectivity index (χ3n) is 2.88. The second-order valence-corrected chi connectivity index (χ2v) is 4.57. The molecule has 0 N–H and O–H groups in total. The molecule has 0 saturated heterocycles. The van der Waals surface area contributed by atoms with Crippen LogP contribution >= 0.6 is 11.6 Å². The molecule has 1 aromatic carbocycles. The van der Waals surface area contributed by atoms with Crippen molar-refractivity contribution >= 4 is 18.0 Å². The summed E-state index contributed by atoms with van der Waals surface area (Å²) in [6.45, 7) is 2.04. The Labute approximate surface area is 101 Å². The number of ether oxygens (including phenoxy) is 1. The lowest BCUT2D eigenvalue weighted by Gasteiger charge is -2.11. The van der Waals surface area contributed by atoms with Gasteiger partial charge in [-0.3, -0.25) is 0 Å². The third kappa shape index (κ3) is 2.99. The van der Waals surface area contributed by atoms with Gasteiger partial charge in [0, 0.05) is 5.02 Å². The van der Waals surface area contributed by atoms with Crippen molar-refractivity contribution in [1.82, 2.24) is 0 Å². The molecule has 3 heteroatoms. The molecule has 2 atom stereocenters. The number of hydrogen-bond acceptors (Lipinski definition) is 2. The Kier molecular flexibility index (Phi) is 3.83. The quantitative estimate of drug-likeness (QED) is 0.786. The van der Waals surface area contributed by atoms with Crippen LogP contribution in [0.25, 0.3) is 0 Å². The molecule has 1 aliphatic heterocycles. The van der Waals surface area contributed by atoms with Crippen LogP contribution in [0.5, 0.6) is 0 Å². The summed E-state index contributed by atoms with van der Waals surface area (Å²) in [7, 11) is 0. The molecule has 1 aliphatic rings. The van der Waals surface area contributed by atoms with Crippen LogP contribution in [0.15, 0.2) is 29.3 Å². The summed E-state index contributed by atoms with van der Waals surface area (Å²) >= 11 is 5.83. The molecule has 0 aromatic heterocycles. The van der Waals surface area contributed by atoms with Crippen LogP contribution in [0.2, 0.25) is 5.02 Å². The molecule has 2 unspecified atom stereocenters. The van der Waals surface area contributed by atoms with Gasteiger partial charge in [-0.25, -0.2) is 4.99 Å². The van der Waals surface area contributed by atoms with E-state index in [1.165, 1.54) is 5.56 Å². The van der Waals surface area contributed by atoms with Gasteiger partial charge in [-0.2, -0.15) is 0 Å². The van der Waals surface area contributed by atoms with Gasteiger partial charge < -0.3 is 4.74 Å². The standard InChI is InChI=1S/C13H15ClNO/c1-10-13(15-9-16-10)4-2-3-11-5-7-12(14)8-6-11/h5-8,10,13H,2-4H2,1H3. The Morgan fingerprint density at radius 2 is 2.12 bits per heavy atom. The summed E-state index contributed by atoms with van der Waals surface area (Å²) in [5, 5.41) is 0.792. The maximum Gasteiger partial charge on any atom is 0.273 e. The van der Waals surface area contributed by atoms with Crippen molar-refractivity contribution < 1.29 is 4.74 Å². The molecule has 1 aromatic rings.